The van der Waals surface area contributed by atoms with Gasteiger partial charge in [-0.2, -0.15) is 0 Å². The Bertz CT molecular complexity index is 1510. The molecule has 9 heteroatoms. The fraction of sp³-hybridized carbons (Fsp3) is 0.241. The van der Waals surface area contributed by atoms with E-state index < -0.39 is 29.6 Å². The van der Waals surface area contributed by atoms with Crippen molar-refractivity contribution >= 4 is 38.8 Å². The number of hydrogen-bond donors (Lipinski definition) is 1. The molecule has 1 atom stereocenters. The first-order valence-corrected chi connectivity index (χ1v) is 12.7. The Hall–Kier alpha value is -3.85. The number of hydrogen-bond acceptors (Lipinski definition) is 6. The summed E-state index contributed by atoms with van der Waals surface area (Å²) in [6.45, 7) is 3.14. The number of aromatic nitrogens is 1. The third kappa shape index (κ3) is 4.98. The van der Waals surface area contributed by atoms with E-state index in [1.807, 2.05) is 24.3 Å². The smallest absolute Gasteiger partial charge is 0.324 e. The summed E-state index contributed by atoms with van der Waals surface area (Å²) < 4.78 is 36.8. The number of H-pyrrole nitrogens is 1. The van der Waals surface area contributed by atoms with Gasteiger partial charge < -0.3 is 23.9 Å². The Morgan fingerprint density at radius 3 is 2.50 bits per heavy atom. The normalized spacial score (nSPS) is 16.1. The van der Waals surface area contributed by atoms with E-state index >= 15 is 0 Å². The molecule has 7 nitrogen and oxygen atoms in total. The molecule has 4 aromatic rings. The molecule has 0 radical (unpaired) electrons. The van der Waals surface area contributed by atoms with Crippen LogP contribution < -0.4 is 9.47 Å². The minimum Gasteiger partial charge on any atom is -0.493 e. The minimum atomic E-state index is -1.36. The molecule has 1 saturated heterocycles. The number of fused-ring (bicyclic) bond motifs is 1. The lowest BCUT2D eigenvalue weighted by molar-refractivity contribution is -0.240. The topological polar surface area (TPSA) is 86.9 Å². The molecule has 0 unspecified atom stereocenters. The summed E-state index contributed by atoms with van der Waals surface area (Å²) in [5.74, 6) is -4.32. The summed E-state index contributed by atoms with van der Waals surface area (Å²) in [5.41, 5.74) is 2.83. The van der Waals surface area contributed by atoms with E-state index in [9.17, 15) is 14.0 Å². The molecule has 2 heterocycles. The zero-order chi connectivity index (χ0) is 27.0. The quantitative estimate of drug-likeness (QED) is 0.205. The third-order valence-electron chi connectivity index (χ3n) is 6.37. The van der Waals surface area contributed by atoms with Crippen molar-refractivity contribution in [3.05, 3.63) is 93.8 Å². The van der Waals surface area contributed by atoms with Gasteiger partial charge in [0, 0.05) is 36.9 Å². The number of carbonyl (C=O) groups excluding carboxylic acids is 2. The Labute approximate surface area is 227 Å². The zero-order valence-corrected chi connectivity index (χ0v) is 22.5. The van der Waals surface area contributed by atoms with Crippen LogP contribution in [0.3, 0.4) is 0 Å². The second kappa shape index (κ2) is 10.1. The van der Waals surface area contributed by atoms with Crippen LogP contribution in [0.4, 0.5) is 4.39 Å². The molecule has 0 aliphatic carbocycles. The monoisotopic (exact) mass is 581 g/mol. The van der Waals surface area contributed by atoms with Crippen molar-refractivity contribution in [2.45, 2.75) is 32.2 Å². The maximum Gasteiger partial charge on any atom is 0.324 e. The van der Waals surface area contributed by atoms with Gasteiger partial charge in [0.25, 0.3) is 5.79 Å². The molecule has 38 heavy (non-hydrogen) atoms. The predicted molar refractivity (Wildman–Crippen MR) is 141 cm³/mol. The number of methoxy groups -OCH3 is 1. The number of esters is 2. The summed E-state index contributed by atoms with van der Waals surface area (Å²) >= 11 is 3.56. The number of nitrogens with one attached hydrogen (secondary N) is 1. The first-order chi connectivity index (χ1) is 18.2. The van der Waals surface area contributed by atoms with Gasteiger partial charge >= 0.3 is 11.9 Å². The van der Waals surface area contributed by atoms with Crippen molar-refractivity contribution in [2.24, 2.45) is 5.92 Å². The number of benzene rings is 3. The lowest BCUT2D eigenvalue weighted by Gasteiger charge is -2.36. The van der Waals surface area contributed by atoms with Crippen molar-refractivity contribution in [1.29, 1.82) is 0 Å². The SMILES string of the molecule is COc1cc([C@H](c2c[nH]c3ccccc23)C2C(=O)OC(C)(C)OC2=O)cc(Br)c1OCc1cccc(F)c1. The van der Waals surface area contributed by atoms with Crippen LogP contribution in [-0.4, -0.2) is 29.8 Å². The standard InChI is InChI=1S/C29H25BrFNO6/c1-29(2)37-27(33)25(28(34)38-29)24(20-14-32-22-10-5-4-9-19(20)22)17-12-21(30)26(23(13-17)35-3)36-15-16-7-6-8-18(31)11-16/h4-14,24-25,32H,15H2,1-3H3/t24-/m1/s1. The first kappa shape index (κ1) is 25.8. The van der Waals surface area contributed by atoms with Gasteiger partial charge in [0.1, 0.15) is 12.4 Å². The summed E-state index contributed by atoms with van der Waals surface area (Å²) in [4.78, 5) is 29.7. The fourth-order valence-corrected chi connectivity index (χ4v) is 5.32. The van der Waals surface area contributed by atoms with Crippen LogP contribution in [0.2, 0.25) is 0 Å². The number of ether oxygens (including phenoxy) is 4. The fourth-order valence-electron chi connectivity index (χ4n) is 4.75. The molecule has 0 saturated carbocycles. The average molecular weight is 582 g/mol. The molecule has 0 spiro atoms. The van der Waals surface area contributed by atoms with E-state index in [4.69, 9.17) is 18.9 Å². The molecule has 1 N–H and O–H groups in total. The van der Waals surface area contributed by atoms with Crippen LogP contribution in [0.1, 0.15) is 36.5 Å². The van der Waals surface area contributed by atoms with Crippen molar-refractivity contribution in [1.82, 2.24) is 4.98 Å². The second-order valence-electron chi connectivity index (χ2n) is 9.44. The maximum atomic E-state index is 13.6. The Kier molecular flexibility index (Phi) is 6.88. The highest BCUT2D eigenvalue weighted by Gasteiger charge is 2.49. The Morgan fingerprint density at radius 1 is 1.05 bits per heavy atom. The van der Waals surface area contributed by atoms with Gasteiger partial charge in [0.15, 0.2) is 17.4 Å². The van der Waals surface area contributed by atoms with Crippen LogP contribution in [0.25, 0.3) is 10.9 Å². The van der Waals surface area contributed by atoms with Crippen LogP contribution in [-0.2, 0) is 25.7 Å². The summed E-state index contributed by atoms with van der Waals surface area (Å²) in [6, 6.07) is 17.2. The number of carbonyl (C=O) groups is 2. The molecule has 1 aliphatic heterocycles. The zero-order valence-electron chi connectivity index (χ0n) is 20.9. The van der Waals surface area contributed by atoms with Gasteiger partial charge in [0.05, 0.1) is 11.6 Å². The minimum absolute atomic E-state index is 0.105. The number of rotatable bonds is 7. The summed E-state index contributed by atoms with van der Waals surface area (Å²) in [7, 11) is 1.49. The van der Waals surface area contributed by atoms with Crippen LogP contribution in [0.5, 0.6) is 11.5 Å². The Balaban J connectivity index is 1.59. The maximum absolute atomic E-state index is 13.6. The van der Waals surface area contributed by atoms with E-state index in [2.05, 4.69) is 20.9 Å². The van der Waals surface area contributed by atoms with Gasteiger partial charge in [-0.15, -0.1) is 0 Å². The molecule has 1 aromatic heterocycles. The van der Waals surface area contributed by atoms with Gasteiger partial charge in [-0.1, -0.05) is 30.3 Å². The van der Waals surface area contributed by atoms with Crippen LogP contribution in [0.15, 0.2) is 71.3 Å². The highest BCUT2D eigenvalue weighted by atomic mass is 79.9. The number of aromatic amines is 1. The van der Waals surface area contributed by atoms with Crippen molar-refractivity contribution in [2.75, 3.05) is 7.11 Å². The van der Waals surface area contributed by atoms with Gasteiger partial charge in [-0.05, 0) is 63.0 Å². The van der Waals surface area contributed by atoms with E-state index in [0.717, 1.165) is 16.5 Å². The molecular formula is C29H25BrFNO6. The number of para-hydroxylation sites is 1. The van der Waals surface area contributed by atoms with E-state index in [-0.39, 0.29) is 12.4 Å². The largest absolute Gasteiger partial charge is 0.493 e. The Morgan fingerprint density at radius 2 is 1.79 bits per heavy atom. The van der Waals surface area contributed by atoms with Crippen molar-refractivity contribution < 1.29 is 32.9 Å². The second-order valence-corrected chi connectivity index (χ2v) is 10.3. The average Bonchev–Trinajstić information content (AvgIpc) is 3.28. The van der Waals surface area contributed by atoms with Crippen molar-refractivity contribution in [3.8, 4) is 11.5 Å². The molecular weight excluding hydrogens is 557 g/mol. The summed E-state index contributed by atoms with van der Waals surface area (Å²) in [6.07, 6.45) is 1.78. The highest BCUT2D eigenvalue weighted by molar-refractivity contribution is 9.10. The molecule has 1 fully saturated rings. The molecule has 3 aromatic carbocycles. The van der Waals surface area contributed by atoms with E-state index in [0.29, 0.717) is 27.1 Å². The molecule has 5 rings (SSSR count). The highest BCUT2D eigenvalue weighted by Crippen LogP contribution is 2.45. The lowest BCUT2D eigenvalue weighted by Crippen LogP contribution is -2.48. The lowest BCUT2D eigenvalue weighted by atomic mass is 9.80. The predicted octanol–water partition coefficient (Wildman–Crippen LogP) is 6.24. The van der Waals surface area contributed by atoms with E-state index in [1.54, 1.807) is 30.5 Å². The summed E-state index contributed by atoms with van der Waals surface area (Å²) in [5, 5.41) is 0.851. The van der Waals surface area contributed by atoms with Crippen LogP contribution in [0, 0.1) is 11.7 Å². The first-order valence-electron chi connectivity index (χ1n) is 11.9. The third-order valence-corrected chi connectivity index (χ3v) is 6.96. The van der Waals surface area contributed by atoms with Gasteiger partial charge in [-0.3, -0.25) is 9.59 Å². The van der Waals surface area contributed by atoms with E-state index in [1.165, 1.54) is 33.1 Å². The van der Waals surface area contributed by atoms with Crippen molar-refractivity contribution in [3.63, 3.8) is 0 Å². The van der Waals surface area contributed by atoms with Gasteiger partial charge in [0.2, 0.25) is 0 Å². The molecule has 0 bridgehead atoms. The number of cyclic esters (lactones) is 2. The van der Waals surface area contributed by atoms with Gasteiger partial charge in [-0.25, -0.2) is 4.39 Å². The molecule has 1 aliphatic rings. The molecule has 0 amide bonds. The molecule has 196 valence electrons. The number of halogens is 2. The van der Waals surface area contributed by atoms with Crippen LogP contribution >= 0.6 is 15.9 Å².